The predicted molar refractivity (Wildman–Crippen MR) is 91.3 cm³/mol. The number of carbonyl (C=O) groups excluding carboxylic acids is 1. The van der Waals surface area contributed by atoms with E-state index in [1.807, 2.05) is 62.5 Å². The summed E-state index contributed by atoms with van der Waals surface area (Å²) in [6.45, 7) is 2.01. The molecule has 3 nitrogen and oxygen atoms in total. The van der Waals surface area contributed by atoms with Gasteiger partial charge in [-0.05, 0) is 36.2 Å². The molecule has 2 aromatic carbocycles. The molecular formula is C18H17ClN2O. The lowest BCUT2D eigenvalue weighted by molar-refractivity contribution is -0.120. The molecule has 0 aromatic heterocycles. The molecule has 1 amide bonds. The lowest BCUT2D eigenvalue weighted by atomic mass is 9.93. The molecule has 1 aliphatic heterocycles. The number of amides is 1. The summed E-state index contributed by atoms with van der Waals surface area (Å²) in [5.74, 6) is -0.181. The number of para-hydroxylation sites is 2. The Balaban J connectivity index is 2.19. The van der Waals surface area contributed by atoms with Crippen LogP contribution in [0.3, 0.4) is 0 Å². The smallest absolute Gasteiger partial charge is 0.235 e. The van der Waals surface area contributed by atoms with Crippen LogP contribution in [0.5, 0.6) is 0 Å². The summed E-state index contributed by atoms with van der Waals surface area (Å²) >= 11 is 5.97. The highest BCUT2D eigenvalue weighted by molar-refractivity contribution is 6.30. The van der Waals surface area contributed by atoms with E-state index in [2.05, 4.69) is 0 Å². The third-order valence-corrected chi connectivity index (χ3v) is 4.24. The molecule has 0 bridgehead atoms. The highest BCUT2D eigenvalue weighted by Gasteiger charge is 2.31. The number of halogens is 1. The Morgan fingerprint density at radius 3 is 2.50 bits per heavy atom. The van der Waals surface area contributed by atoms with Crippen molar-refractivity contribution >= 4 is 34.6 Å². The Kier molecular flexibility index (Phi) is 3.99. The van der Waals surface area contributed by atoms with Gasteiger partial charge in [0.2, 0.25) is 5.91 Å². The number of nitrogens with zero attached hydrogens (tertiary/aromatic N) is 2. The normalized spacial score (nSPS) is 17.8. The van der Waals surface area contributed by atoms with E-state index in [0.29, 0.717) is 11.4 Å². The van der Waals surface area contributed by atoms with Crippen LogP contribution in [-0.4, -0.2) is 18.7 Å². The van der Waals surface area contributed by atoms with E-state index in [4.69, 9.17) is 16.6 Å². The molecule has 0 N–H and O–H groups in total. The maximum Gasteiger partial charge on any atom is 0.235 e. The molecule has 112 valence electrons. The van der Waals surface area contributed by atoms with Crippen LogP contribution < -0.4 is 4.90 Å². The third-order valence-electron chi connectivity index (χ3n) is 3.99. The van der Waals surface area contributed by atoms with Crippen molar-refractivity contribution in [2.75, 3.05) is 11.9 Å². The summed E-state index contributed by atoms with van der Waals surface area (Å²) in [6, 6.07) is 15.2. The predicted octanol–water partition coefficient (Wildman–Crippen LogP) is 4.46. The number of aliphatic imine (C=N–C) groups is 1. The van der Waals surface area contributed by atoms with E-state index in [1.165, 1.54) is 0 Å². The second-order valence-corrected chi connectivity index (χ2v) is 5.79. The monoisotopic (exact) mass is 312 g/mol. The molecule has 3 rings (SSSR count). The summed E-state index contributed by atoms with van der Waals surface area (Å²) in [5, 5.41) is 0.676. The Labute approximate surface area is 135 Å². The van der Waals surface area contributed by atoms with Crippen molar-refractivity contribution in [3.63, 3.8) is 0 Å². The van der Waals surface area contributed by atoms with Gasteiger partial charge in [0, 0.05) is 12.1 Å². The number of hydrogen-bond donors (Lipinski definition) is 0. The van der Waals surface area contributed by atoms with Gasteiger partial charge in [-0.25, -0.2) is 4.99 Å². The second-order valence-electron chi connectivity index (χ2n) is 5.35. The van der Waals surface area contributed by atoms with Crippen molar-refractivity contribution in [2.24, 2.45) is 10.9 Å². The van der Waals surface area contributed by atoms with Crippen LogP contribution in [0.25, 0.3) is 0 Å². The molecule has 0 radical (unpaired) electrons. The Morgan fingerprint density at radius 2 is 1.82 bits per heavy atom. The second kappa shape index (κ2) is 5.93. The molecule has 22 heavy (non-hydrogen) atoms. The molecule has 1 unspecified atom stereocenters. The van der Waals surface area contributed by atoms with E-state index in [1.54, 1.807) is 4.90 Å². The van der Waals surface area contributed by atoms with Gasteiger partial charge in [0.05, 0.1) is 23.0 Å². The van der Waals surface area contributed by atoms with E-state index in [-0.39, 0.29) is 11.8 Å². The maximum absolute atomic E-state index is 12.8. The molecule has 1 atom stereocenters. The average molecular weight is 313 g/mol. The van der Waals surface area contributed by atoms with E-state index < -0.39 is 0 Å². The van der Waals surface area contributed by atoms with Gasteiger partial charge >= 0.3 is 0 Å². The molecule has 0 aliphatic carbocycles. The fourth-order valence-corrected chi connectivity index (χ4v) is 2.90. The van der Waals surface area contributed by atoms with E-state index in [9.17, 15) is 4.79 Å². The molecule has 0 fully saturated rings. The number of fused-ring (bicyclic) bond motifs is 1. The van der Waals surface area contributed by atoms with Crippen LogP contribution in [0.1, 0.15) is 18.9 Å². The van der Waals surface area contributed by atoms with Crippen LogP contribution >= 0.6 is 11.6 Å². The van der Waals surface area contributed by atoms with Crippen LogP contribution in [-0.2, 0) is 4.79 Å². The van der Waals surface area contributed by atoms with E-state index in [0.717, 1.165) is 22.6 Å². The third kappa shape index (κ3) is 2.53. The van der Waals surface area contributed by atoms with Crippen molar-refractivity contribution in [2.45, 2.75) is 13.3 Å². The van der Waals surface area contributed by atoms with Gasteiger partial charge in [-0.15, -0.1) is 0 Å². The zero-order valence-electron chi connectivity index (χ0n) is 12.6. The van der Waals surface area contributed by atoms with Crippen LogP contribution in [0, 0.1) is 5.92 Å². The average Bonchev–Trinajstić information content (AvgIpc) is 2.64. The van der Waals surface area contributed by atoms with Gasteiger partial charge < -0.3 is 4.90 Å². The first-order valence-electron chi connectivity index (χ1n) is 7.33. The SMILES string of the molecule is CCC1C(=O)N(C)c2ccccc2N=C1c1ccc(Cl)cc1. The number of carbonyl (C=O) groups is 1. The van der Waals surface area contributed by atoms with Crippen LogP contribution in [0.15, 0.2) is 53.5 Å². The number of hydrogen-bond acceptors (Lipinski definition) is 2. The first-order valence-corrected chi connectivity index (χ1v) is 7.70. The minimum atomic E-state index is -0.251. The molecule has 2 aromatic rings. The summed E-state index contributed by atoms with van der Waals surface area (Å²) in [5.41, 5.74) is 3.41. The van der Waals surface area contributed by atoms with Gasteiger partial charge in [-0.1, -0.05) is 42.8 Å². The molecule has 0 saturated heterocycles. The number of rotatable bonds is 2. The molecule has 0 spiro atoms. The molecule has 1 aliphatic rings. The summed E-state index contributed by atoms with van der Waals surface area (Å²) in [7, 11) is 1.81. The molecule has 0 saturated carbocycles. The van der Waals surface area contributed by atoms with Gasteiger partial charge in [0.15, 0.2) is 0 Å². The fourth-order valence-electron chi connectivity index (χ4n) is 2.77. The summed E-state index contributed by atoms with van der Waals surface area (Å²) < 4.78 is 0. The van der Waals surface area contributed by atoms with Gasteiger partial charge in [0.25, 0.3) is 0 Å². The molecular weight excluding hydrogens is 296 g/mol. The maximum atomic E-state index is 12.8. The lowest BCUT2D eigenvalue weighted by Crippen LogP contribution is -2.35. The van der Waals surface area contributed by atoms with Crippen molar-refractivity contribution < 1.29 is 4.79 Å². The quantitative estimate of drug-likeness (QED) is 0.805. The fraction of sp³-hybridized carbons (Fsp3) is 0.222. The minimum absolute atomic E-state index is 0.0705. The van der Waals surface area contributed by atoms with Gasteiger partial charge in [-0.3, -0.25) is 4.79 Å². The largest absolute Gasteiger partial charge is 0.313 e. The van der Waals surface area contributed by atoms with Crippen LogP contribution in [0.4, 0.5) is 11.4 Å². The standard InChI is InChI=1S/C18H17ClN2O/c1-3-14-17(12-8-10-13(19)11-9-12)20-15-6-4-5-7-16(15)21(2)18(14)22/h4-11,14H,3H2,1-2H3. The zero-order valence-corrected chi connectivity index (χ0v) is 13.3. The summed E-state index contributed by atoms with van der Waals surface area (Å²) in [4.78, 5) is 19.3. The van der Waals surface area contributed by atoms with Crippen molar-refractivity contribution in [1.82, 2.24) is 0 Å². The molecule has 4 heteroatoms. The first-order chi connectivity index (χ1) is 10.6. The Morgan fingerprint density at radius 1 is 1.14 bits per heavy atom. The zero-order chi connectivity index (χ0) is 15.7. The number of anilines is 1. The van der Waals surface area contributed by atoms with E-state index >= 15 is 0 Å². The Bertz CT molecular complexity index is 737. The minimum Gasteiger partial charge on any atom is -0.313 e. The summed E-state index contributed by atoms with van der Waals surface area (Å²) in [6.07, 6.45) is 0.707. The Hall–Kier alpha value is -2.13. The van der Waals surface area contributed by atoms with Gasteiger partial charge in [-0.2, -0.15) is 0 Å². The van der Waals surface area contributed by atoms with Crippen molar-refractivity contribution in [1.29, 1.82) is 0 Å². The topological polar surface area (TPSA) is 32.7 Å². The molecule has 1 heterocycles. The highest BCUT2D eigenvalue weighted by Crippen LogP contribution is 2.34. The van der Waals surface area contributed by atoms with Gasteiger partial charge in [0.1, 0.15) is 0 Å². The van der Waals surface area contributed by atoms with Crippen molar-refractivity contribution in [3.05, 3.63) is 59.1 Å². The highest BCUT2D eigenvalue weighted by atomic mass is 35.5. The lowest BCUT2D eigenvalue weighted by Gasteiger charge is -2.21. The first kappa shape index (κ1) is 14.8. The van der Waals surface area contributed by atoms with Crippen LogP contribution in [0.2, 0.25) is 5.02 Å². The van der Waals surface area contributed by atoms with Crippen molar-refractivity contribution in [3.8, 4) is 0 Å². The number of benzene rings is 2.